The Balaban J connectivity index is 2.65. The first-order valence-electron chi connectivity index (χ1n) is 5.16. The quantitative estimate of drug-likeness (QED) is 0.833. The van der Waals surface area contributed by atoms with E-state index < -0.39 is 11.7 Å². The average Bonchev–Trinajstić information content (AvgIpc) is 2.24. The van der Waals surface area contributed by atoms with Gasteiger partial charge in [-0.2, -0.15) is 13.2 Å². The molecular weight excluding hydrogens is 269 g/mol. The molecule has 0 spiro atoms. The summed E-state index contributed by atoms with van der Waals surface area (Å²) in [5.74, 6) is -0.191. The first kappa shape index (κ1) is 14.6. The van der Waals surface area contributed by atoms with Gasteiger partial charge in [0, 0.05) is 25.7 Å². The molecule has 0 aliphatic carbocycles. The summed E-state index contributed by atoms with van der Waals surface area (Å²) in [7, 11) is 0. The van der Waals surface area contributed by atoms with Gasteiger partial charge in [-0.05, 0) is 18.2 Å². The lowest BCUT2D eigenvalue weighted by molar-refractivity contribution is -0.137. The van der Waals surface area contributed by atoms with E-state index in [1.807, 2.05) is 0 Å². The Morgan fingerprint density at radius 1 is 1.33 bits per heavy atom. The summed E-state index contributed by atoms with van der Waals surface area (Å²) in [6.07, 6.45) is -4.48. The predicted octanol–water partition coefficient (Wildman–Crippen LogP) is 2.91. The largest absolute Gasteiger partial charge is 0.417 e. The minimum atomic E-state index is -4.48. The van der Waals surface area contributed by atoms with Gasteiger partial charge in [-0.15, -0.1) is 0 Å². The van der Waals surface area contributed by atoms with Crippen LogP contribution in [0, 0.1) is 0 Å². The number of hydrogen-bond donors (Lipinski definition) is 2. The summed E-state index contributed by atoms with van der Waals surface area (Å²) in [6.45, 7) is 2.03. The molecule has 0 bridgehead atoms. The van der Waals surface area contributed by atoms with Gasteiger partial charge in [0.25, 0.3) is 0 Å². The zero-order chi connectivity index (χ0) is 13.8. The molecule has 0 aliphatic heterocycles. The zero-order valence-corrected chi connectivity index (χ0v) is 10.3. The fourth-order valence-electron chi connectivity index (χ4n) is 1.30. The van der Waals surface area contributed by atoms with Crippen LogP contribution >= 0.6 is 11.6 Å². The molecule has 0 atom stereocenters. The van der Waals surface area contributed by atoms with Crippen molar-refractivity contribution < 1.29 is 18.0 Å². The molecule has 0 fully saturated rings. The molecular formula is C11H12ClF3N2O. The summed E-state index contributed by atoms with van der Waals surface area (Å²) in [4.78, 5) is 10.6. The Labute approximate surface area is 107 Å². The van der Waals surface area contributed by atoms with Crippen LogP contribution in [0.3, 0.4) is 0 Å². The van der Waals surface area contributed by atoms with Gasteiger partial charge in [0.1, 0.15) is 0 Å². The second-order valence-electron chi connectivity index (χ2n) is 3.60. The molecule has 0 radical (unpaired) electrons. The molecule has 100 valence electrons. The number of carbonyl (C=O) groups excluding carboxylic acids is 1. The third-order valence-electron chi connectivity index (χ3n) is 2.10. The molecule has 0 saturated carbocycles. The highest BCUT2D eigenvalue weighted by molar-refractivity contribution is 6.31. The molecule has 3 nitrogen and oxygen atoms in total. The summed E-state index contributed by atoms with van der Waals surface area (Å²) < 4.78 is 37.7. The Morgan fingerprint density at radius 2 is 2.00 bits per heavy atom. The van der Waals surface area contributed by atoms with Crippen molar-refractivity contribution in [2.45, 2.75) is 13.1 Å². The van der Waals surface area contributed by atoms with E-state index >= 15 is 0 Å². The normalized spacial score (nSPS) is 11.2. The minimum Gasteiger partial charge on any atom is -0.383 e. The third-order valence-corrected chi connectivity index (χ3v) is 2.43. The number of rotatable bonds is 4. The first-order chi connectivity index (χ1) is 8.30. The van der Waals surface area contributed by atoms with Gasteiger partial charge in [-0.25, -0.2) is 0 Å². The lowest BCUT2D eigenvalue weighted by Crippen LogP contribution is -2.26. The standard InChI is InChI=1S/C11H12ClF3N2O/c1-7(18)16-4-5-17-8-2-3-10(12)9(6-8)11(13,14)15/h2-3,6,17H,4-5H2,1H3,(H,16,18). The van der Waals surface area contributed by atoms with E-state index in [0.29, 0.717) is 18.8 Å². The average molecular weight is 281 g/mol. The van der Waals surface area contributed by atoms with Crippen molar-refractivity contribution in [1.29, 1.82) is 0 Å². The van der Waals surface area contributed by atoms with Gasteiger partial charge in [0.2, 0.25) is 5.91 Å². The first-order valence-corrected chi connectivity index (χ1v) is 5.53. The lowest BCUT2D eigenvalue weighted by Gasteiger charge is -2.12. The van der Waals surface area contributed by atoms with Crippen molar-refractivity contribution >= 4 is 23.2 Å². The molecule has 2 N–H and O–H groups in total. The number of benzene rings is 1. The van der Waals surface area contributed by atoms with Gasteiger partial charge in [0.05, 0.1) is 10.6 Å². The van der Waals surface area contributed by atoms with Crippen molar-refractivity contribution in [3.05, 3.63) is 28.8 Å². The summed E-state index contributed by atoms with van der Waals surface area (Å²) >= 11 is 5.48. The van der Waals surface area contributed by atoms with E-state index in [1.54, 1.807) is 0 Å². The SMILES string of the molecule is CC(=O)NCCNc1ccc(Cl)c(C(F)(F)F)c1. The van der Waals surface area contributed by atoms with Gasteiger partial charge < -0.3 is 10.6 Å². The number of hydrogen-bond acceptors (Lipinski definition) is 2. The number of anilines is 1. The van der Waals surface area contributed by atoms with Crippen LogP contribution in [-0.4, -0.2) is 19.0 Å². The smallest absolute Gasteiger partial charge is 0.383 e. The fraction of sp³-hybridized carbons (Fsp3) is 0.364. The van der Waals surface area contributed by atoms with Crippen LogP contribution in [0.5, 0.6) is 0 Å². The van der Waals surface area contributed by atoms with Crippen LogP contribution in [0.15, 0.2) is 18.2 Å². The molecule has 0 heterocycles. The van der Waals surface area contributed by atoms with Crippen molar-refractivity contribution in [1.82, 2.24) is 5.32 Å². The third kappa shape index (κ3) is 4.44. The molecule has 0 saturated heterocycles. The second kappa shape index (κ2) is 5.95. The molecule has 1 aromatic rings. The minimum absolute atomic E-state index is 0.191. The van der Waals surface area contributed by atoms with Gasteiger partial charge in [-0.1, -0.05) is 11.6 Å². The van der Waals surface area contributed by atoms with Gasteiger partial charge >= 0.3 is 6.18 Å². The van der Waals surface area contributed by atoms with Crippen LogP contribution in [0.2, 0.25) is 5.02 Å². The summed E-state index contributed by atoms with van der Waals surface area (Å²) in [6, 6.07) is 3.58. The van der Waals surface area contributed by atoms with E-state index in [4.69, 9.17) is 11.6 Å². The van der Waals surface area contributed by atoms with E-state index in [9.17, 15) is 18.0 Å². The molecule has 1 aromatic carbocycles. The van der Waals surface area contributed by atoms with Gasteiger partial charge in [-0.3, -0.25) is 4.79 Å². The highest BCUT2D eigenvalue weighted by atomic mass is 35.5. The summed E-state index contributed by atoms with van der Waals surface area (Å²) in [5.41, 5.74) is -0.578. The zero-order valence-electron chi connectivity index (χ0n) is 9.57. The number of nitrogens with one attached hydrogen (secondary N) is 2. The van der Waals surface area contributed by atoms with E-state index in [-0.39, 0.29) is 10.9 Å². The topological polar surface area (TPSA) is 41.1 Å². The Morgan fingerprint density at radius 3 is 2.56 bits per heavy atom. The van der Waals surface area contributed by atoms with Crippen LogP contribution in [0.1, 0.15) is 12.5 Å². The monoisotopic (exact) mass is 280 g/mol. The van der Waals surface area contributed by atoms with Crippen LogP contribution in [-0.2, 0) is 11.0 Å². The maximum absolute atomic E-state index is 12.6. The molecule has 18 heavy (non-hydrogen) atoms. The molecule has 1 rings (SSSR count). The second-order valence-corrected chi connectivity index (χ2v) is 4.01. The van der Waals surface area contributed by atoms with Crippen molar-refractivity contribution in [2.75, 3.05) is 18.4 Å². The van der Waals surface area contributed by atoms with E-state index in [2.05, 4.69) is 10.6 Å². The number of alkyl halides is 3. The van der Waals surface area contributed by atoms with Crippen molar-refractivity contribution in [3.63, 3.8) is 0 Å². The fourth-order valence-corrected chi connectivity index (χ4v) is 1.52. The number of halogens is 4. The van der Waals surface area contributed by atoms with Crippen LogP contribution in [0.4, 0.5) is 18.9 Å². The molecule has 7 heteroatoms. The molecule has 0 unspecified atom stereocenters. The Bertz CT molecular complexity index is 435. The van der Waals surface area contributed by atoms with E-state index in [1.165, 1.54) is 19.1 Å². The van der Waals surface area contributed by atoms with Crippen LogP contribution in [0.25, 0.3) is 0 Å². The maximum atomic E-state index is 12.6. The molecule has 1 amide bonds. The Kier molecular flexibility index (Phi) is 4.84. The number of carbonyl (C=O) groups is 1. The Hall–Kier alpha value is -1.43. The maximum Gasteiger partial charge on any atom is 0.417 e. The predicted molar refractivity (Wildman–Crippen MR) is 63.6 cm³/mol. The van der Waals surface area contributed by atoms with Crippen molar-refractivity contribution in [3.8, 4) is 0 Å². The summed E-state index contributed by atoms with van der Waals surface area (Å²) in [5, 5.41) is 4.95. The van der Waals surface area contributed by atoms with Gasteiger partial charge in [0.15, 0.2) is 0 Å². The highest BCUT2D eigenvalue weighted by Gasteiger charge is 2.33. The van der Waals surface area contributed by atoms with Crippen molar-refractivity contribution in [2.24, 2.45) is 0 Å². The number of amides is 1. The van der Waals surface area contributed by atoms with E-state index in [0.717, 1.165) is 6.07 Å². The molecule has 0 aliphatic rings. The highest BCUT2D eigenvalue weighted by Crippen LogP contribution is 2.36. The lowest BCUT2D eigenvalue weighted by atomic mass is 10.2. The van der Waals surface area contributed by atoms with Crippen LogP contribution < -0.4 is 10.6 Å². The molecule has 0 aromatic heterocycles.